The number of rotatable bonds is 4. The molecule has 0 atom stereocenters. The van der Waals surface area contributed by atoms with Crippen LogP contribution >= 0.6 is 0 Å². The van der Waals surface area contributed by atoms with Crippen molar-refractivity contribution >= 4 is 32.7 Å². The first-order chi connectivity index (χ1) is 19.9. The van der Waals surface area contributed by atoms with Crippen molar-refractivity contribution in [3.05, 3.63) is 158 Å². The maximum Gasteiger partial charge on any atom is 0.0635 e. The highest BCUT2D eigenvalue weighted by atomic mass is 15.0. The van der Waals surface area contributed by atoms with E-state index in [1.54, 1.807) is 0 Å². The van der Waals surface area contributed by atoms with Crippen LogP contribution in [0, 0.1) is 0 Å². The van der Waals surface area contributed by atoms with Crippen LogP contribution in [-0.4, -0.2) is 9.13 Å². The second-order valence-corrected chi connectivity index (χ2v) is 10.2. The van der Waals surface area contributed by atoms with E-state index in [9.17, 15) is 0 Å². The Morgan fingerprint density at radius 2 is 1.07 bits per heavy atom. The molecule has 0 aliphatic carbocycles. The van der Waals surface area contributed by atoms with Gasteiger partial charge in [0, 0.05) is 33.6 Å². The Morgan fingerprint density at radius 1 is 0.400 bits per heavy atom. The van der Waals surface area contributed by atoms with Gasteiger partial charge in [0.25, 0.3) is 0 Å². The Kier molecular flexibility index (Phi) is 5.17. The first-order valence-corrected chi connectivity index (χ1v) is 13.7. The molecule has 0 unspecified atom stereocenters. The van der Waals surface area contributed by atoms with Gasteiger partial charge in [0.2, 0.25) is 0 Å². The highest BCUT2D eigenvalue weighted by Crippen LogP contribution is 2.39. The van der Waals surface area contributed by atoms with Crippen molar-refractivity contribution in [3.8, 4) is 33.6 Å². The van der Waals surface area contributed by atoms with Crippen molar-refractivity contribution in [1.82, 2.24) is 9.13 Å². The zero-order valence-corrected chi connectivity index (χ0v) is 21.9. The molecule has 188 valence electrons. The summed E-state index contributed by atoms with van der Waals surface area (Å²) in [6, 6.07) is 54.4. The Labute approximate surface area is 233 Å². The van der Waals surface area contributed by atoms with Crippen LogP contribution in [0.4, 0.5) is 0 Å². The minimum Gasteiger partial charge on any atom is -0.316 e. The molecule has 0 N–H and O–H groups in total. The van der Waals surface area contributed by atoms with Crippen molar-refractivity contribution in [3.63, 3.8) is 0 Å². The Balaban J connectivity index is 1.44. The molecule has 2 heteroatoms. The van der Waals surface area contributed by atoms with Gasteiger partial charge in [-0.25, -0.2) is 0 Å². The molecule has 8 aromatic rings. The van der Waals surface area contributed by atoms with Gasteiger partial charge in [0.1, 0.15) is 0 Å². The van der Waals surface area contributed by atoms with Gasteiger partial charge in [-0.15, -0.1) is 0 Å². The molecule has 0 saturated heterocycles. The fourth-order valence-electron chi connectivity index (χ4n) is 6.13. The molecule has 0 fully saturated rings. The van der Waals surface area contributed by atoms with Crippen LogP contribution in [0.1, 0.15) is 0 Å². The third kappa shape index (κ3) is 3.50. The minimum absolute atomic E-state index is 1.17. The van der Waals surface area contributed by atoms with Gasteiger partial charge in [-0.2, -0.15) is 0 Å². The molecule has 0 spiro atoms. The highest BCUT2D eigenvalue weighted by molar-refractivity contribution is 6.18. The lowest BCUT2D eigenvalue weighted by Gasteiger charge is -2.15. The summed E-state index contributed by atoms with van der Waals surface area (Å²) in [5.41, 5.74) is 10.8. The fourth-order valence-corrected chi connectivity index (χ4v) is 6.13. The molecule has 0 saturated carbocycles. The molecule has 0 aliphatic heterocycles. The quantitative estimate of drug-likeness (QED) is 0.223. The third-order valence-electron chi connectivity index (χ3n) is 7.97. The Bertz CT molecular complexity index is 2130. The second-order valence-electron chi connectivity index (χ2n) is 10.2. The SMILES string of the molecule is c1ccc(-c2ccc(-c3ccccc3)c(-n3ccc4c3ccc3c5ccccc5n(-c5ccccc5)c34)c2)cc1. The number of nitrogens with zero attached hydrogens (tertiary/aromatic N) is 2. The maximum atomic E-state index is 2.41. The minimum atomic E-state index is 1.17. The molecule has 40 heavy (non-hydrogen) atoms. The van der Waals surface area contributed by atoms with Gasteiger partial charge in [0.05, 0.1) is 22.2 Å². The summed E-state index contributed by atoms with van der Waals surface area (Å²) < 4.78 is 4.77. The summed E-state index contributed by atoms with van der Waals surface area (Å²) in [7, 11) is 0. The number of benzene rings is 6. The number of hydrogen-bond acceptors (Lipinski definition) is 0. The largest absolute Gasteiger partial charge is 0.316 e. The predicted molar refractivity (Wildman–Crippen MR) is 168 cm³/mol. The van der Waals surface area contributed by atoms with Crippen LogP contribution in [0.2, 0.25) is 0 Å². The monoisotopic (exact) mass is 510 g/mol. The van der Waals surface area contributed by atoms with E-state index in [2.05, 4.69) is 167 Å². The number of hydrogen-bond donors (Lipinski definition) is 0. The maximum absolute atomic E-state index is 2.41. The van der Waals surface area contributed by atoms with E-state index in [0.717, 1.165) is 0 Å². The highest BCUT2D eigenvalue weighted by Gasteiger charge is 2.18. The molecule has 8 rings (SSSR count). The van der Waals surface area contributed by atoms with E-state index in [1.165, 1.54) is 66.3 Å². The average molecular weight is 511 g/mol. The van der Waals surface area contributed by atoms with E-state index in [4.69, 9.17) is 0 Å². The van der Waals surface area contributed by atoms with E-state index in [0.29, 0.717) is 0 Å². The Hall–Kier alpha value is -5.34. The van der Waals surface area contributed by atoms with Crippen LogP contribution in [0.25, 0.3) is 66.3 Å². The van der Waals surface area contributed by atoms with Gasteiger partial charge < -0.3 is 9.13 Å². The summed E-state index contributed by atoms with van der Waals surface area (Å²) in [4.78, 5) is 0. The van der Waals surface area contributed by atoms with Crippen molar-refractivity contribution in [2.24, 2.45) is 0 Å². The number of aromatic nitrogens is 2. The van der Waals surface area contributed by atoms with Crippen LogP contribution in [0.15, 0.2) is 158 Å². The lowest BCUT2D eigenvalue weighted by Crippen LogP contribution is -1.97. The molecular weight excluding hydrogens is 484 g/mol. The standard InChI is InChI=1S/C38H26N2/c1-4-12-27(13-5-1)29-20-21-31(28-14-6-2-7-15-28)37(26-29)39-25-24-34-35(39)23-22-33-32-18-10-11-19-36(32)40(38(33)34)30-16-8-3-9-17-30/h1-26H. The fraction of sp³-hybridized carbons (Fsp3) is 0. The molecule has 2 heterocycles. The van der Waals surface area contributed by atoms with Gasteiger partial charge >= 0.3 is 0 Å². The van der Waals surface area contributed by atoms with Crippen LogP contribution in [0.3, 0.4) is 0 Å². The first-order valence-electron chi connectivity index (χ1n) is 13.7. The molecule has 6 aromatic carbocycles. The molecule has 2 aromatic heterocycles. The number of para-hydroxylation sites is 2. The zero-order valence-electron chi connectivity index (χ0n) is 21.9. The normalized spacial score (nSPS) is 11.5. The van der Waals surface area contributed by atoms with Crippen LogP contribution < -0.4 is 0 Å². The smallest absolute Gasteiger partial charge is 0.0635 e. The molecule has 2 nitrogen and oxygen atoms in total. The lowest BCUT2D eigenvalue weighted by atomic mass is 9.98. The molecular formula is C38H26N2. The molecule has 0 aliphatic rings. The van der Waals surface area contributed by atoms with E-state index < -0.39 is 0 Å². The summed E-state index contributed by atoms with van der Waals surface area (Å²) in [6.45, 7) is 0. The average Bonchev–Trinajstić information content (AvgIpc) is 3.61. The van der Waals surface area contributed by atoms with Gasteiger partial charge in [-0.3, -0.25) is 0 Å². The summed E-state index contributed by atoms with van der Waals surface area (Å²) in [5.74, 6) is 0. The van der Waals surface area contributed by atoms with Gasteiger partial charge in [-0.1, -0.05) is 115 Å². The van der Waals surface area contributed by atoms with Gasteiger partial charge in [-0.05, 0) is 53.1 Å². The first kappa shape index (κ1) is 22.6. The van der Waals surface area contributed by atoms with Gasteiger partial charge in [0.15, 0.2) is 0 Å². The second kappa shape index (κ2) is 9.14. The summed E-state index contributed by atoms with van der Waals surface area (Å²) in [5, 5.41) is 3.78. The Morgan fingerprint density at radius 3 is 1.85 bits per heavy atom. The number of fused-ring (bicyclic) bond motifs is 5. The zero-order chi connectivity index (χ0) is 26.5. The summed E-state index contributed by atoms with van der Waals surface area (Å²) >= 11 is 0. The topological polar surface area (TPSA) is 9.86 Å². The van der Waals surface area contributed by atoms with E-state index in [-0.39, 0.29) is 0 Å². The molecule has 0 radical (unpaired) electrons. The van der Waals surface area contributed by atoms with Crippen LogP contribution in [0.5, 0.6) is 0 Å². The molecule has 0 bridgehead atoms. The van der Waals surface area contributed by atoms with Crippen molar-refractivity contribution in [2.45, 2.75) is 0 Å². The van der Waals surface area contributed by atoms with Crippen molar-refractivity contribution < 1.29 is 0 Å². The summed E-state index contributed by atoms with van der Waals surface area (Å²) in [6.07, 6.45) is 2.23. The lowest BCUT2D eigenvalue weighted by molar-refractivity contribution is 1.13. The van der Waals surface area contributed by atoms with E-state index in [1.807, 2.05) is 0 Å². The third-order valence-corrected chi connectivity index (χ3v) is 7.97. The van der Waals surface area contributed by atoms with Crippen LogP contribution in [-0.2, 0) is 0 Å². The van der Waals surface area contributed by atoms with E-state index >= 15 is 0 Å². The van der Waals surface area contributed by atoms with Crippen molar-refractivity contribution in [1.29, 1.82) is 0 Å². The van der Waals surface area contributed by atoms with Crippen molar-refractivity contribution in [2.75, 3.05) is 0 Å². The predicted octanol–water partition coefficient (Wildman–Crippen LogP) is 10.1. The molecule has 0 amide bonds.